The first-order chi connectivity index (χ1) is 19.2. The zero-order valence-corrected chi connectivity index (χ0v) is 26.2. The van der Waals surface area contributed by atoms with Crippen LogP contribution in [0.2, 0.25) is 0 Å². The highest BCUT2D eigenvalue weighted by atomic mass is 16.1. The third-order valence-electron chi connectivity index (χ3n) is 9.58. The second-order valence-electron chi connectivity index (χ2n) is 12.7. The molecule has 0 aromatic carbocycles. The lowest BCUT2D eigenvalue weighted by Gasteiger charge is -2.37. The quantitative estimate of drug-likeness (QED) is 0.335. The van der Waals surface area contributed by atoms with Gasteiger partial charge >= 0.3 is 0 Å². The van der Waals surface area contributed by atoms with E-state index in [1.54, 1.807) is 6.92 Å². The summed E-state index contributed by atoms with van der Waals surface area (Å²) in [5.74, 6) is 0.261. The molecule has 0 radical (unpaired) electrons. The Labute approximate surface area is 245 Å². The minimum atomic E-state index is -0.801. The number of nitrogens with one attached hydrogen (secondary N) is 3. The van der Waals surface area contributed by atoms with Crippen molar-refractivity contribution in [2.24, 2.45) is 0 Å². The highest BCUT2D eigenvalue weighted by Crippen LogP contribution is 2.26. The Morgan fingerprint density at radius 3 is 1.65 bits per heavy atom. The Bertz CT molecular complexity index is 845. The van der Waals surface area contributed by atoms with Crippen LogP contribution in [0.15, 0.2) is 24.3 Å². The number of ketones is 3. The molecule has 0 bridgehead atoms. The average molecular weight is 558 g/mol. The molecule has 6 nitrogen and oxygen atoms in total. The maximum Gasteiger partial charge on any atom is 0.166 e. The van der Waals surface area contributed by atoms with E-state index in [4.69, 9.17) is 0 Å². The van der Waals surface area contributed by atoms with E-state index in [2.05, 4.69) is 40.3 Å². The maximum atomic E-state index is 14.2. The standard InChI is InChI=1S/C34H59N3O3/c1-29(38)32(2)23-19-15-11-7-5-9-13-17-21-25-34(31(40)28-36-32)26-22-18-14-10-6-8-12-16-20-24-33(3,35-4)30(39)27-37-34/h9-10,13-14,35-37H,5-8,11-12,15-28H2,1-4H3/b13-9-,14-10-/t32-,33+,34?/m0/s1. The van der Waals surface area contributed by atoms with Crippen LogP contribution in [0.1, 0.15) is 136 Å². The first-order valence-electron chi connectivity index (χ1n) is 16.2. The predicted molar refractivity (Wildman–Crippen MR) is 167 cm³/mol. The van der Waals surface area contributed by atoms with Gasteiger partial charge in [-0.1, -0.05) is 62.8 Å². The third kappa shape index (κ3) is 11.3. The normalized spacial score (nSPS) is 33.8. The molecule has 3 N–H and O–H groups in total. The summed E-state index contributed by atoms with van der Waals surface area (Å²) < 4.78 is 0. The van der Waals surface area contributed by atoms with Crippen molar-refractivity contribution >= 4 is 17.3 Å². The minimum Gasteiger partial charge on any atom is -0.308 e. The Morgan fingerprint density at radius 2 is 1.12 bits per heavy atom. The summed E-state index contributed by atoms with van der Waals surface area (Å²) in [5.41, 5.74) is -2.12. The molecule has 0 aliphatic carbocycles. The van der Waals surface area contributed by atoms with Crippen molar-refractivity contribution in [3.63, 3.8) is 0 Å². The second-order valence-corrected chi connectivity index (χ2v) is 12.7. The lowest BCUT2D eigenvalue weighted by Crippen LogP contribution is -2.61. The number of Topliss-reactive ketones (excluding diaryl/α,β-unsaturated/α-hetero) is 3. The largest absolute Gasteiger partial charge is 0.308 e. The fourth-order valence-corrected chi connectivity index (χ4v) is 6.06. The highest BCUT2D eigenvalue weighted by molar-refractivity contribution is 5.94. The van der Waals surface area contributed by atoms with Crippen LogP contribution in [-0.2, 0) is 14.4 Å². The van der Waals surface area contributed by atoms with E-state index < -0.39 is 16.6 Å². The van der Waals surface area contributed by atoms with Crippen molar-refractivity contribution in [1.82, 2.24) is 16.0 Å². The zero-order valence-electron chi connectivity index (χ0n) is 26.2. The van der Waals surface area contributed by atoms with Crippen LogP contribution in [0.4, 0.5) is 0 Å². The third-order valence-corrected chi connectivity index (χ3v) is 9.58. The van der Waals surface area contributed by atoms with Crippen molar-refractivity contribution in [1.29, 1.82) is 0 Å². The lowest BCUT2D eigenvalue weighted by atomic mass is 9.81. The fourth-order valence-electron chi connectivity index (χ4n) is 6.06. The molecular formula is C34H59N3O3. The zero-order chi connectivity index (χ0) is 29.3. The summed E-state index contributed by atoms with van der Waals surface area (Å²) in [7, 11) is 1.87. The number of rotatable bonds is 2. The molecule has 0 aromatic rings. The predicted octanol–water partition coefficient (Wildman–Crippen LogP) is 6.53. The van der Waals surface area contributed by atoms with Crippen LogP contribution in [0.25, 0.3) is 0 Å². The molecule has 1 spiro atoms. The molecule has 0 saturated carbocycles. The topological polar surface area (TPSA) is 87.3 Å². The van der Waals surface area contributed by atoms with Gasteiger partial charge in [-0.15, -0.1) is 0 Å². The van der Waals surface area contributed by atoms with Gasteiger partial charge < -0.3 is 5.32 Å². The van der Waals surface area contributed by atoms with Crippen molar-refractivity contribution in [2.45, 2.75) is 153 Å². The summed E-state index contributed by atoms with van der Waals surface area (Å²) in [6.07, 6.45) is 26.7. The number of carbonyl (C=O) groups is 3. The van der Waals surface area contributed by atoms with Crippen LogP contribution in [0, 0.1) is 0 Å². The van der Waals surface area contributed by atoms with E-state index in [0.29, 0.717) is 12.8 Å². The molecule has 2 aliphatic rings. The fraction of sp³-hybridized carbons (Fsp3) is 0.794. The summed E-state index contributed by atoms with van der Waals surface area (Å²) in [6, 6.07) is 0. The Morgan fingerprint density at radius 1 is 0.650 bits per heavy atom. The summed E-state index contributed by atoms with van der Waals surface area (Å²) in [4.78, 5) is 40.5. The van der Waals surface area contributed by atoms with Crippen LogP contribution in [-0.4, -0.2) is 54.1 Å². The molecule has 0 saturated heterocycles. The first-order valence-corrected chi connectivity index (χ1v) is 16.2. The number of hydrogen-bond donors (Lipinski definition) is 3. The highest BCUT2D eigenvalue weighted by Gasteiger charge is 2.40. The Balaban J connectivity index is 2.36. The van der Waals surface area contributed by atoms with E-state index in [1.807, 2.05) is 20.9 Å². The molecular weight excluding hydrogens is 498 g/mol. The van der Waals surface area contributed by atoms with Gasteiger partial charge in [-0.2, -0.15) is 0 Å². The van der Waals surface area contributed by atoms with Gasteiger partial charge in [0.15, 0.2) is 11.6 Å². The average Bonchev–Trinajstić information content (AvgIpc) is 2.94. The molecule has 228 valence electrons. The SMILES string of the molecule is CN[C@]1(C)CCCCCC/C=C\CCCC2(CCC/C=C\CCCCCC[C@@](C)(C(C)=O)NCC2=O)NCC1=O. The molecule has 40 heavy (non-hydrogen) atoms. The van der Waals surface area contributed by atoms with Crippen molar-refractivity contribution in [2.75, 3.05) is 20.1 Å². The van der Waals surface area contributed by atoms with Crippen LogP contribution in [0.3, 0.4) is 0 Å². The van der Waals surface area contributed by atoms with E-state index in [0.717, 1.165) is 83.5 Å². The van der Waals surface area contributed by atoms with Gasteiger partial charge in [-0.3, -0.25) is 25.0 Å². The molecule has 0 amide bonds. The van der Waals surface area contributed by atoms with Gasteiger partial charge in [-0.25, -0.2) is 0 Å². The first kappa shape index (κ1) is 34.6. The van der Waals surface area contributed by atoms with Crippen LogP contribution < -0.4 is 16.0 Å². The van der Waals surface area contributed by atoms with Gasteiger partial charge in [-0.05, 0) is 105 Å². The smallest absolute Gasteiger partial charge is 0.166 e. The number of carbonyl (C=O) groups excluding carboxylic acids is 3. The molecule has 0 aromatic heterocycles. The molecule has 2 aliphatic heterocycles. The van der Waals surface area contributed by atoms with E-state index in [1.165, 1.54) is 19.3 Å². The summed E-state index contributed by atoms with van der Waals surface area (Å²) >= 11 is 0. The molecule has 6 heteroatoms. The van der Waals surface area contributed by atoms with Gasteiger partial charge in [0.05, 0.1) is 29.7 Å². The minimum absolute atomic E-state index is 0.0695. The molecule has 1 unspecified atom stereocenters. The monoisotopic (exact) mass is 557 g/mol. The van der Waals surface area contributed by atoms with E-state index >= 15 is 0 Å². The molecule has 3 atom stereocenters. The summed E-state index contributed by atoms with van der Waals surface area (Å²) in [5, 5.41) is 10.2. The maximum absolute atomic E-state index is 14.2. The molecule has 2 heterocycles. The van der Waals surface area contributed by atoms with Crippen molar-refractivity contribution in [3.05, 3.63) is 24.3 Å². The van der Waals surface area contributed by atoms with Gasteiger partial charge in [0, 0.05) is 0 Å². The van der Waals surface area contributed by atoms with Gasteiger partial charge in [0.1, 0.15) is 5.78 Å². The van der Waals surface area contributed by atoms with Gasteiger partial charge in [0.2, 0.25) is 0 Å². The van der Waals surface area contributed by atoms with Crippen molar-refractivity contribution < 1.29 is 14.4 Å². The van der Waals surface area contributed by atoms with Crippen LogP contribution >= 0.6 is 0 Å². The van der Waals surface area contributed by atoms with E-state index in [-0.39, 0.29) is 30.4 Å². The number of allylic oxidation sites excluding steroid dienone is 4. The van der Waals surface area contributed by atoms with E-state index in [9.17, 15) is 14.4 Å². The Hall–Kier alpha value is -1.63. The number of likely N-dealkylation sites (N-methyl/N-ethyl adjacent to an activating group) is 1. The summed E-state index contributed by atoms with van der Waals surface area (Å²) in [6.45, 7) is 5.87. The Kier molecular flexibility index (Phi) is 15.6. The molecule has 2 rings (SSSR count). The molecule has 0 fully saturated rings. The van der Waals surface area contributed by atoms with Gasteiger partial charge in [0.25, 0.3) is 0 Å². The van der Waals surface area contributed by atoms with Crippen molar-refractivity contribution in [3.8, 4) is 0 Å². The van der Waals surface area contributed by atoms with Crippen LogP contribution in [0.5, 0.6) is 0 Å². The lowest BCUT2D eigenvalue weighted by molar-refractivity contribution is -0.128. The second kappa shape index (κ2) is 18.0. The number of hydrogen-bond acceptors (Lipinski definition) is 6.